The fourth-order valence-electron chi connectivity index (χ4n) is 2.06. The quantitative estimate of drug-likeness (QED) is 0.770. The lowest BCUT2D eigenvalue weighted by atomic mass is 10.0. The standard InChI is InChI=1S/C11H15ClN2O/c12-9-3-1-2-8(6-9)7-14-5-4-10(13)11(14)15/h1,3,6,8,10H,2,4-5,7,13H2/t8?,10-/m1/s1. The van der Waals surface area contributed by atoms with Crippen molar-refractivity contribution < 1.29 is 4.79 Å². The lowest BCUT2D eigenvalue weighted by molar-refractivity contribution is -0.129. The highest BCUT2D eigenvalue weighted by atomic mass is 35.5. The molecule has 3 nitrogen and oxygen atoms in total. The highest BCUT2D eigenvalue weighted by Crippen LogP contribution is 2.21. The van der Waals surface area contributed by atoms with Gasteiger partial charge >= 0.3 is 0 Å². The average Bonchev–Trinajstić information content (AvgIpc) is 2.50. The van der Waals surface area contributed by atoms with Gasteiger partial charge in [-0.2, -0.15) is 0 Å². The minimum atomic E-state index is -0.288. The van der Waals surface area contributed by atoms with Crippen LogP contribution in [-0.2, 0) is 4.79 Å². The fraction of sp³-hybridized carbons (Fsp3) is 0.545. The van der Waals surface area contributed by atoms with Crippen LogP contribution in [0.25, 0.3) is 0 Å². The molecule has 1 aliphatic heterocycles. The number of carbonyl (C=O) groups is 1. The van der Waals surface area contributed by atoms with E-state index in [2.05, 4.69) is 0 Å². The van der Waals surface area contributed by atoms with Gasteiger partial charge in [-0.25, -0.2) is 0 Å². The van der Waals surface area contributed by atoms with E-state index in [4.69, 9.17) is 17.3 Å². The smallest absolute Gasteiger partial charge is 0.239 e. The number of amides is 1. The van der Waals surface area contributed by atoms with Crippen LogP contribution in [0.5, 0.6) is 0 Å². The van der Waals surface area contributed by atoms with Crippen LogP contribution < -0.4 is 5.73 Å². The molecule has 1 unspecified atom stereocenters. The van der Waals surface area contributed by atoms with Crippen molar-refractivity contribution in [3.8, 4) is 0 Å². The third-order valence-electron chi connectivity index (χ3n) is 2.90. The Kier molecular flexibility index (Phi) is 3.12. The Balaban J connectivity index is 1.93. The van der Waals surface area contributed by atoms with Crippen molar-refractivity contribution in [1.82, 2.24) is 4.90 Å². The Bertz CT molecular complexity index is 325. The molecule has 2 atom stereocenters. The molecule has 0 aromatic heterocycles. The highest BCUT2D eigenvalue weighted by Gasteiger charge is 2.29. The molecule has 0 spiro atoms. The highest BCUT2D eigenvalue weighted by molar-refractivity contribution is 6.31. The largest absolute Gasteiger partial charge is 0.341 e. The van der Waals surface area contributed by atoms with Gasteiger partial charge in [0.15, 0.2) is 0 Å². The number of hydrogen-bond donors (Lipinski definition) is 1. The molecule has 4 heteroatoms. The molecule has 2 aliphatic rings. The van der Waals surface area contributed by atoms with E-state index in [0.717, 1.165) is 31.0 Å². The van der Waals surface area contributed by atoms with Gasteiger partial charge in [0.05, 0.1) is 6.04 Å². The van der Waals surface area contributed by atoms with Gasteiger partial charge in [0.2, 0.25) is 5.91 Å². The van der Waals surface area contributed by atoms with Gasteiger partial charge in [0, 0.05) is 18.1 Å². The van der Waals surface area contributed by atoms with Gasteiger partial charge in [0.1, 0.15) is 0 Å². The van der Waals surface area contributed by atoms with Crippen molar-refractivity contribution in [2.75, 3.05) is 13.1 Å². The van der Waals surface area contributed by atoms with Crippen molar-refractivity contribution in [2.24, 2.45) is 11.7 Å². The summed E-state index contributed by atoms with van der Waals surface area (Å²) in [6.45, 7) is 1.53. The van der Waals surface area contributed by atoms with Gasteiger partial charge < -0.3 is 10.6 Å². The maximum Gasteiger partial charge on any atom is 0.239 e. The maximum atomic E-state index is 11.6. The predicted molar refractivity (Wildman–Crippen MR) is 60.4 cm³/mol. The number of likely N-dealkylation sites (tertiary alicyclic amines) is 1. The lowest BCUT2D eigenvalue weighted by Crippen LogP contribution is -2.36. The number of hydrogen-bond acceptors (Lipinski definition) is 2. The van der Waals surface area contributed by atoms with Crippen molar-refractivity contribution in [1.29, 1.82) is 0 Å². The second-order valence-electron chi connectivity index (χ2n) is 4.13. The first kappa shape index (κ1) is 10.7. The van der Waals surface area contributed by atoms with Gasteiger partial charge in [0.25, 0.3) is 0 Å². The summed E-state index contributed by atoms with van der Waals surface area (Å²) in [6, 6.07) is -0.288. The van der Waals surface area contributed by atoms with E-state index in [1.165, 1.54) is 0 Å². The molecule has 1 amide bonds. The molecule has 0 aromatic rings. The summed E-state index contributed by atoms with van der Waals surface area (Å²) >= 11 is 5.91. The number of halogens is 1. The molecule has 1 saturated heterocycles. The monoisotopic (exact) mass is 226 g/mol. The molecule has 2 rings (SSSR count). The van der Waals surface area contributed by atoms with Crippen LogP contribution >= 0.6 is 11.6 Å². The Morgan fingerprint density at radius 1 is 1.60 bits per heavy atom. The summed E-state index contributed by atoms with van der Waals surface area (Å²) in [4.78, 5) is 13.4. The molecule has 1 fully saturated rings. The van der Waals surface area contributed by atoms with E-state index in [1.807, 2.05) is 23.1 Å². The molecule has 1 aliphatic carbocycles. The average molecular weight is 227 g/mol. The number of rotatable bonds is 2. The zero-order chi connectivity index (χ0) is 10.8. The van der Waals surface area contributed by atoms with Crippen LogP contribution in [-0.4, -0.2) is 29.9 Å². The van der Waals surface area contributed by atoms with Crippen LogP contribution in [0, 0.1) is 5.92 Å². The van der Waals surface area contributed by atoms with Crippen LogP contribution in [0.4, 0.5) is 0 Å². The zero-order valence-electron chi connectivity index (χ0n) is 8.53. The summed E-state index contributed by atoms with van der Waals surface area (Å²) in [5.41, 5.74) is 5.65. The van der Waals surface area contributed by atoms with Gasteiger partial charge in [-0.1, -0.05) is 23.8 Å². The molecular weight excluding hydrogens is 212 g/mol. The Morgan fingerprint density at radius 3 is 3.00 bits per heavy atom. The van der Waals surface area contributed by atoms with Crippen molar-refractivity contribution in [2.45, 2.75) is 18.9 Å². The van der Waals surface area contributed by atoms with Crippen LogP contribution in [0.15, 0.2) is 23.3 Å². The first-order chi connectivity index (χ1) is 7.16. The van der Waals surface area contributed by atoms with E-state index in [9.17, 15) is 4.79 Å². The first-order valence-corrected chi connectivity index (χ1v) is 5.63. The summed E-state index contributed by atoms with van der Waals surface area (Å²) in [6.07, 6.45) is 7.69. The molecule has 15 heavy (non-hydrogen) atoms. The number of carbonyl (C=O) groups excluding carboxylic acids is 1. The van der Waals surface area contributed by atoms with Crippen LogP contribution in [0.3, 0.4) is 0 Å². The van der Waals surface area contributed by atoms with Gasteiger partial charge in [-0.05, 0) is 24.8 Å². The summed E-state index contributed by atoms with van der Waals surface area (Å²) in [5.74, 6) is 0.422. The minimum absolute atomic E-state index is 0.0778. The zero-order valence-corrected chi connectivity index (χ0v) is 9.28. The lowest BCUT2D eigenvalue weighted by Gasteiger charge is -2.22. The molecule has 1 heterocycles. The Morgan fingerprint density at radius 2 is 2.40 bits per heavy atom. The number of nitrogens with zero attached hydrogens (tertiary/aromatic N) is 1. The third-order valence-corrected chi connectivity index (χ3v) is 3.16. The minimum Gasteiger partial charge on any atom is -0.341 e. The van der Waals surface area contributed by atoms with E-state index in [-0.39, 0.29) is 11.9 Å². The van der Waals surface area contributed by atoms with E-state index >= 15 is 0 Å². The molecule has 0 aromatic carbocycles. The van der Waals surface area contributed by atoms with Gasteiger partial charge in [-0.15, -0.1) is 0 Å². The predicted octanol–water partition coefficient (Wildman–Crippen LogP) is 1.24. The summed E-state index contributed by atoms with van der Waals surface area (Å²) in [5, 5.41) is 0.766. The Hall–Kier alpha value is -0.800. The van der Waals surface area contributed by atoms with Crippen molar-refractivity contribution in [3.05, 3.63) is 23.3 Å². The number of allylic oxidation sites excluding steroid dienone is 3. The van der Waals surface area contributed by atoms with E-state index in [1.54, 1.807) is 0 Å². The second-order valence-corrected chi connectivity index (χ2v) is 4.57. The topological polar surface area (TPSA) is 46.3 Å². The molecule has 82 valence electrons. The first-order valence-electron chi connectivity index (χ1n) is 5.25. The van der Waals surface area contributed by atoms with E-state index < -0.39 is 0 Å². The van der Waals surface area contributed by atoms with Crippen molar-refractivity contribution in [3.63, 3.8) is 0 Å². The van der Waals surface area contributed by atoms with E-state index in [0.29, 0.717) is 5.92 Å². The maximum absolute atomic E-state index is 11.6. The normalized spacial score (nSPS) is 30.9. The summed E-state index contributed by atoms with van der Waals surface area (Å²) < 4.78 is 0. The summed E-state index contributed by atoms with van der Waals surface area (Å²) in [7, 11) is 0. The molecule has 2 N–H and O–H groups in total. The van der Waals surface area contributed by atoms with Gasteiger partial charge in [-0.3, -0.25) is 4.79 Å². The van der Waals surface area contributed by atoms with Crippen molar-refractivity contribution >= 4 is 17.5 Å². The second kappa shape index (κ2) is 4.37. The Labute approximate surface area is 94.6 Å². The molecule has 0 saturated carbocycles. The SMILES string of the molecule is N[C@@H]1CCN(CC2C=C(Cl)C=CC2)C1=O. The van der Waals surface area contributed by atoms with Crippen LogP contribution in [0.2, 0.25) is 0 Å². The van der Waals surface area contributed by atoms with Crippen LogP contribution in [0.1, 0.15) is 12.8 Å². The molecule has 0 radical (unpaired) electrons. The molecular formula is C11H15ClN2O. The third kappa shape index (κ3) is 2.41. The fourth-order valence-corrected chi connectivity index (χ4v) is 2.33. The molecule has 0 bridgehead atoms. The number of nitrogens with two attached hydrogens (primary N) is 1.